The van der Waals surface area contributed by atoms with Gasteiger partial charge in [0, 0.05) is 27.9 Å². The molecule has 0 saturated carbocycles. The zero-order valence-corrected chi connectivity index (χ0v) is 13.0. The molecule has 1 aromatic heterocycles. The fourth-order valence-corrected chi connectivity index (χ4v) is 2.72. The van der Waals surface area contributed by atoms with Crippen molar-refractivity contribution in [2.24, 2.45) is 0 Å². The normalized spacial score (nSPS) is 10.8. The Morgan fingerprint density at radius 3 is 2.08 bits per heavy atom. The van der Waals surface area contributed by atoms with E-state index in [1.807, 2.05) is 72.8 Å². The Kier molecular flexibility index (Phi) is 3.35. The van der Waals surface area contributed by atoms with Crippen LogP contribution in [0.5, 0.6) is 0 Å². The second-order valence-electron chi connectivity index (χ2n) is 5.66. The Morgan fingerprint density at radius 1 is 0.625 bits per heavy atom. The Bertz CT molecular complexity index is 1010. The molecule has 0 amide bonds. The molecule has 0 aliphatic carbocycles. The van der Waals surface area contributed by atoms with E-state index in [4.69, 9.17) is 21.4 Å². The molecule has 0 saturated heterocycles. The van der Waals surface area contributed by atoms with Crippen LogP contribution in [-0.4, -0.2) is 9.97 Å². The molecule has 24 heavy (non-hydrogen) atoms. The van der Waals surface area contributed by atoms with E-state index in [2.05, 4.69) is 0 Å². The number of fused-ring (bicyclic) bond motifs is 1. The summed E-state index contributed by atoms with van der Waals surface area (Å²) < 4.78 is 0. The van der Waals surface area contributed by atoms with Gasteiger partial charge in [-0.3, -0.25) is 0 Å². The summed E-state index contributed by atoms with van der Waals surface area (Å²) in [6.45, 7) is 0. The third-order valence-electron chi connectivity index (χ3n) is 3.94. The molecule has 4 N–H and O–H groups in total. The summed E-state index contributed by atoms with van der Waals surface area (Å²) in [5.74, 6) is 0.672. The van der Waals surface area contributed by atoms with Crippen molar-refractivity contribution in [2.75, 3.05) is 11.5 Å². The predicted molar refractivity (Wildman–Crippen MR) is 99.2 cm³/mol. The van der Waals surface area contributed by atoms with Crippen LogP contribution in [-0.2, 0) is 0 Å². The van der Waals surface area contributed by atoms with E-state index < -0.39 is 0 Å². The topological polar surface area (TPSA) is 77.8 Å². The molecule has 0 aliphatic rings. The molecule has 1 heterocycles. The number of nitrogens with zero attached hydrogens (tertiary/aromatic N) is 2. The van der Waals surface area contributed by atoms with E-state index >= 15 is 0 Å². The van der Waals surface area contributed by atoms with Gasteiger partial charge in [0.05, 0.1) is 11.2 Å². The molecule has 3 aromatic carbocycles. The number of hydrogen-bond donors (Lipinski definition) is 2. The molecule has 4 rings (SSSR count). The molecule has 4 nitrogen and oxygen atoms in total. The number of rotatable bonds is 2. The average molecular weight is 312 g/mol. The van der Waals surface area contributed by atoms with Crippen molar-refractivity contribution >= 4 is 22.3 Å². The van der Waals surface area contributed by atoms with Gasteiger partial charge < -0.3 is 11.5 Å². The Morgan fingerprint density at radius 2 is 1.33 bits per heavy atom. The van der Waals surface area contributed by atoms with Gasteiger partial charge in [-0.15, -0.1) is 0 Å². The molecular formula is C20H16N4. The van der Waals surface area contributed by atoms with Crippen LogP contribution in [0.3, 0.4) is 0 Å². The lowest BCUT2D eigenvalue weighted by atomic mass is 10.1. The van der Waals surface area contributed by atoms with Crippen molar-refractivity contribution in [1.82, 2.24) is 9.97 Å². The highest BCUT2D eigenvalue weighted by molar-refractivity contribution is 5.95. The molecule has 4 heteroatoms. The number of nitrogens with two attached hydrogens (primary N) is 2. The second kappa shape index (κ2) is 5.66. The fraction of sp³-hybridized carbons (Fsp3) is 0. The third kappa shape index (κ3) is 2.54. The van der Waals surface area contributed by atoms with Gasteiger partial charge in [-0.25, -0.2) is 9.97 Å². The third-order valence-corrected chi connectivity index (χ3v) is 3.94. The molecule has 0 spiro atoms. The summed E-state index contributed by atoms with van der Waals surface area (Å²) >= 11 is 0. The lowest BCUT2D eigenvalue weighted by Crippen LogP contribution is -1.96. The van der Waals surface area contributed by atoms with Crippen molar-refractivity contribution < 1.29 is 0 Å². The Balaban J connectivity index is 2.00. The van der Waals surface area contributed by atoms with Crippen LogP contribution in [0.4, 0.5) is 11.4 Å². The van der Waals surface area contributed by atoms with Crippen LogP contribution in [0.15, 0.2) is 72.8 Å². The van der Waals surface area contributed by atoms with Crippen molar-refractivity contribution in [1.29, 1.82) is 0 Å². The largest absolute Gasteiger partial charge is 0.399 e. The van der Waals surface area contributed by atoms with Crippen LogP contribution in [0.25, 0.3) is 33.5 Å². The standard InChI is InChI=1S/C20H16N4/c21-15-8-6-14(7-9-15)20-23-18-11-10-16(22)12-17(18)19(24-20)13-4-2-1-3-5-13/h1-12H,21-22H2. The van der Waals surface area contributed by atoms with Crippen molar-refractivity contribution in [2.45, 2.75) is 0 Å². The summed E-state index contributed by atoms with van der Waals surface area (Å²) in [6, 6.07) is 23.3. The highest BCUT2D eigenvalue weighted by Crippen LogP contribution is 2.30. The van der Waals surface area contributed by atoms with Crippen LogP contribution < -0.4 is 11.5 Å². The van der Waals surface area contributed by atoms with Gasteiger partial charge in [0.2, 0.25) is 0 Å². The number of nitrogen functional groups attached to an aromatic ring is 2. The van der Waals surface area contributed by atoms with Gasteiger partial charge in [-0.2, -0.15) is 0 Å². The van der Waals surface area contributed by atoms with E-state index in [9.17, 15) is 0 Å². The molecule has 0 aliphatic heterocycles. The van der Waals surface area contributed by atoms with Crippen molar-refractivity contribution in [3.63, 3.8) is 0 Å². The highest BCUT2D eigenvalue weighted by Gasteiger charge is 2.11. The van der Waals surface area contributed by atoms with E-state index in [0.717, 1.165) is 33.4 Å². The minimum Gasteiger partial charge on any atom is -0.399 e. The van der Waals surface area contributed by atoms with Crippen LogP contribution >= 0.6 is 0 Å². The maximum absolute atomic E-state index is 5.97. The number of benzene rings is 3. The monoisotopic (exact) mass is 312 g/mol. The SMILES string of the molecule is Nc1ccc(-c2nc(-c3ccccc3)c3cc(N)ccc3n2)cc1. The zero-order valence-electron chi connectivity index (χ0n) is 13.0. The van der Waals surface area contributed by atoms with Crippen LogP contribution in [0.1, 0.15) is 0 Å². The number of anilines is 2. The van der Waals surface area contributed by atoms with Crippen molar-refractivity contribution in [3.05, 3.63) is 72.8 Å². The lowest BCUT2D eigenvalue weighted by Gasteiger charge is -2.10. The molecule has 0 atom stereocenters. The quantitative estimate of drug-likeness (QED) is 0.546. The smallest absolute Gasteiger partial charge is 0.160 e. The Labute approximate surface area is 139 Å². The van der Waals surface area contributed by atoms with Crippen LogP contribution in [0.2, 0.25) is 0 Å². The summed E-state index contributed by atoms with van der Waals surface area (Å²) in [5.41, 5.74) is 16.9. The summed E-state index contributed by atoms with van der Waals surface area (Å²) in [6.07, 6.45) is 0. The van der Waals surface area contributed by atoms with Crippen molar-refractivity contribution in [3.8, 4) is 22.6 Å². The molecule has 0 fully saturated rings. The molecular weight excluding hydrogens is 296 g/mol. The second-order valence-corrected chi connectivity index (χ2v) is 5.66. The highest BCUT2D eigenvalue weighted by atomic mass is 14.9. The van der Waals surface area contributed by atoms with Gasteiger partial charge in [0.1, 0.15) is 0 Å². The molecule has 0 radical (unpaired) electrons. The zero-order chi connectivity index (χ0) is 16.5. The summed E-state index contributed by atoms with van der Waals surface area (Å²) in [7, 11) is 0. The minimum absolute atomic E-state index is 0.672. The van der Waals surface area contributed by atoms with Gasteiger partial charge >= 0.3 is 0 Å². The molecule has 0 unspecified atom stereocenters. The van der Waals surface area contributed by atoms with Crippen LogP contribution in [0, 0.1) is 0 Å². The first-order chi connectivity index (χ1) is 11.7. The van der Waals surface area contributed by atoms with E-state index in [-0.39, 0.29) is 0 Å². The fourth-order valence-electron chi connectivity index (χ4n) is 2.72. The first-order valence-electron chi connectivity index (χ1n) is 7.69. The number of hydrogen-bond acceptors (Lipinski definition) is 4. The van der Waals surface area contributed by atoms with Gasteiger partial charge in [-0.1, -0.05) is 30.3 Å². The van der Waals surface area contributed by atoms with E-state index in [0.29, 0.717) is 11.5 Å². The molecule has 116 valence electrons. The number of aromatic nitrogens is 2. The Hall–Kier alpha value is -3.40. The maximum atomic E-state index is 5.97. The minimum atomic E-state index is 0.672. The first kappa shape index (κ1) is 14.2. The van der Waals surface area contributed by atoms with E-state index in [1.165, 1.54) is 0 Å². The van der Waals surface area contributed by atoms with Gasteiger partial charge in [0.25, 0.3) is 0 Å². The lowest BCUT2D eigenvalue weighted by molar-refractivity contribution is 1.23. The molecule has 0 bridgehead atoms. The summed E-state index contributed by atoms with van der Waals surface area (Å²) in [5, 5.41) is 0.945. The average Bonchev–Trinajstić information content (AvgIpc) is 2.62. The summed E-state index contributed by atoms with van der Waals surface area (Å²) in [4.78, 5) is 9.50. The van der Waals surface area contributed by atoms with E-state index in [1.54, 1.807) is 0 Å². The predicted octanol–water partition coefficient (Wildman–Crippen LogP) is 4.13. The van der Waals surface area contributed by atoms with Gasteiger partial charge in [0.15, 0.2) is 5.82 Å². The first-order valence-corrected chi connectivity index (χ1v) is 7.69. The van der Waals surface area contributed by atoms with Gasteiger partial charge in [-0.05, 0) is 42.5 Å². The maximum Gasteiger partial charge on any atom is 0.160 e. The molecule has 4 aromatic rings.